The third-order valence-corrected chi connectivity index (χ3v) is 6.10. The van der Waals surface area contributed by atoms with Crippen molar-refractivity contribution < 1.29 is 9.53 Å². The number of rotatable bonds is 3. The van der Waals surface area contributed by atoms with Gasteiger partial charge in [-0.05, 0) is 37.0 Å². The number of nitrogens with zero attached hydrogens (tertiary/aromatic N) is 2. The minimum absolute atomic E-state index is 0.423. The SMILES string of the molecule is O=C(CC1CC2CCC1C2)N1CC(N2CCOCC2)C1. The standard InChI is InChI=1S/C16H26N2O2/c19-16(9-14-8-12-1-2-13(14)7-12)18-10-15(11-18)17-3-5-20-6-4-17/h12-15H,1-11H2. The molecule has 112 valence electrons. The molecular weight excluding hydrogens is 252 g/mol. The molecule has 3 atom stereocenters. The molecule has 4 fully saturated rings. The summed E-state index contributed by atoms with van der Waals surface area (Å²) in [6, 6.07) is 0.600. The van der Waals surface area contributed by atoms with Crippen LogP contribution in [0, 0.1) is 17.8 Å². The summed E-state index contributed by atoms with van der Waals surface area (Å²) in [7, 11) is 0. The highest BCUT2D eigenvalue weighted by Crippen LogP contribution is 2.49. The fraction of sp³-hybridized carbons (Fsp3) is 0.938. The van der Waals surface area contributed by atoms with Crippen molar-refractivity contribution in [3.8, 4) is 0 Å². The summed E-state index contributed by atoms with van der Waals surface area (Å²) in [6.07, 6.45) is 6.39. The molecule has 4 aliphatic rings. The molecular formula is C16H26N2O2. The van der Waals surface area contributed by atoms with E-state index < -0.39 is 0 Å². The first-order chi connectivity index (χ1) is 9.79. The summed E-state index contributed by atoms with van der Waals surface area (Å²) in [5.74, 6) is 2.96. The predicted molar refractivity (Wildman–Crippen MR) is 76.3 cm³/mol. The summed E-state index contributed by atoms with van der Waals surface area (Å²) >= 11 is 0. The van der Waals surface area contributed by atoms with Crippen LogP contribution in [0.15, 0.2) is 0 Å². The van der Waals surface area contributed by atoms with Crippen LogP contribution in [0.1, 0.15) is 32.1 Å². The molecule has 0 aromatic rings. The maximum Gasteiger partial charge on any atom is 0.222 e. The van der Waals surface area contributed by atoms with Gasteiger partial charge in [0.25, 0.3) is 0 Å². The summed E-state index contributed by atoms with van der Waals surface area (Å²) in [5.41, 5.74) is 0. The van der Waals surface area contributed by atoms with Gasteiger partial charge in [-0.3, -0.25) is 9.69 Å². The van der Waals surface area contributed by atoms with Crippen molar-refractivity contribution >= 4 is 5.91 Å². The smallest absolute Gasteiger partial charge is 0.222 e. The molecule has 0 aromatic heterocycles. The number of ether oxygens (including phenoxy) is 1. The molecule has 2 saturated carbocycles. The first-order valence-electron chi connectivity index (χ1n) is 8.39. The van der Waals surface area contributed by atoms with Gasteiger partial charge >= 0.3 is 0 Å². The van der Waals surface area contributed by atoms with Crippen LogP contribution in [0.3, 0.4) is 0 Å². The van der Waals surface area contributed by atoms with Crippen LogP contribution in [-0.4, -0.2) is 61.1 Å². The Morgan fingerprint density at radius 1 is 1.10 bits per heavy atom. The Bertz CT molecular complexity index is 375. The summed E-state index contributed by atoms with van der Waals surface area (Å²) in [6.45, 7) is 5.71. The normalized spacial score (nSPS) is 38.2. The highest BCUT2D eigenvalue weighted by Gasteiger charge is 2.42. The van der Waals surface area contributed by atoms with E-state index in [1.54, 1.807) is 0 Å². The third kappa shape index (κ3) is 2.37. The van der Waals surface area contributed by atoms with E-state index in [1.807, 2.05) is 0 Å². The van der Waals surface area contributed by atoms with E-state index in [0.29, 0.717) is 17.9 Å². The van der Waals surface area contributed by atoms with Crippen molar-refractivity contribution in [2.75, 3.05) is 39.4 Å². The Hall–Kier alpha value is -0.610. The number of hydrogen-bond donors (Lipinski definition) is 0. The van der Waals surface area contributed by atoms with Crippen LogP contribution < -0.4 is 0 Å². The molecule has 4 rings (SSSR count). The molecule has 4 nitrogen and oxygen atoms in total. The van der Waals surface area contributed by atoms with Gasteiger partial charge in [0, 0.05) is 38.6 Å². The Labute approximate surface area is 121 Å². The minimum atomic E-state index is 0.423. The molecule has 2 aliphatic carbocycles. The van der Waals surface area contributed by atoms with Crippen LogP contribution in [0.4, 0.5) is 0 Å². The summed E-state index contributed by atoms with van der Waals surface area (Å²) in [5, 5.41) is 0. The first-order valence-corrected chi connectivity index (χ1v) is 8.39. The van der Waals surface area contributed by atoms with Crippen molar-refractivity contribution in [3.63, 3.8) is 0 Å². The Morgan fingerprint density at radius 3 is 2.55 bits per heavy atom. The second kappa shape index (κ2) is 5.30. The molecule has 1 amide bonds. The highest BCUT2D eigenvalue weighted by molar-refractivity contribution is 5.77. The van der Waals surface area contributed by atoms with E-state index in [-0.39, 0.29) is 0 Å². The Kier molecular flexibility index (Phi) is 3.47. The number of hydrogen-bond acceptors (Lipinski definition) is 3. The van der Waals surface area contributed by atoms with E-state index in [0.717, 1.165) is 57.6 Å². The van der Waals surface area contributed by atoms with Crippen LogP contribution in [-0.2, 0) is 9.53 Å². The average Bonchev–Trinajstić information content (AvgIpc) is 3.00. The van der Waals surface area contributed by atoms with Gasteiger partial charge in [0.15, 0.2) is 0 Å². The molecule has 2 saturated heterocycles. The van der Waals surface area contributed by atoms with Crippen LogP contribution in [0.25, 0.3) is 0 Å². The molecule has 0 radical (unpaired) electrons. The largest absolute Gasteiger partial charge is 0.379 e. The number of fused-ring (bicyclic) bond motifs is 2. The zero-order valence-electron chi connectivity index (χ0n) is 12.3. The number of carbonyl (C=O) groups excluding carboxylic acids is 1. The van der Waals surface area contributed by atoms with Crippen molar-refractivity contribution in [1.29, 1.82) is 0 Å². The Morgan fingerprint density at radius 2 is 1.90 bits per heavy atom. The van der Waals surface area contributed by atoms with Crippen molar-refractivity contribution in [3.05, 3.63) is 0 Å². The number of carbonyl (C=O) groups is 1. The van der Waals surface area contributed by atoms with Gasteiger partial charge in [0.05, 0.1) is 13.2 Å². The van der Waals surface area contributed by atoms with Gasteiger partial charge in [-0.2, -0.15) is 0 Å². The van der Waals surface area contributed by atoms with E-state index in [9.17, 15) is 4.79 Å². The summed E-state index contributed by atoms with van der Waals surface area (Å²) < 4.78 is 5.39. The molecule has 20 heavy (non-hydrogen) atoms. The zero-order valence-corrected chi connectivity index (χ0v) is 12.3. The molecule has 2 aliphatic heterocycles. The fourth-order valence-electron chi connectivity index (χ4n) is 4.81. The summed E-state index contributed by atoms with van der Waals surface area (Å²) in [4.78, 5) is 16.9. The lowest BCUT2D eigenvalue weighted by Crippen LogP contribution is -2.63. The molecule has 0 N–H and O–H groups in total. The topological polar surface area (TPSA) is 32.8 Å². The molecule has 0 aromatic carbocycles. The van der Waals surface area contributed by atoms with E-state index in [4.69, 9.17) is 4.74 Å². The first kappa shape index (κ1) is 13.1. The monoisotopic (exact) mass is 278 g/mol. The lowest BCUT2D eigenvalue weighted by Gasteiger charge is -2.47. The van der Waals surface area contributed by atoms with Gasteiger partial charge in [0.2, 0.25) is 5.91 Å². The lowest BCUT2D eigenvalue weighted by atomic mass is 9.85. The van der Waals surface area contributed by atoms with Crippen LogP contribution in [0.5, 0.6) is 0 Å². The number of likely N-dealkylation sites (tertiary alicyclic amines) is 1. The van der Waals surface area contributed by atoms with Crippen molar-refractivity contribution in [2.24, 2.45) is 17.8 Å². The maximum atomic E-state index is 12.4. The zero-order chi connectivity index (χ0) is 13.5. The van der Waals surface area contributed by atoms with Gasteiger partial charge in [-0.1, -0.05) is 6.42 Å². The third-order valence-electron chi connectivity index (χ3n) is 6.10. The van der Waals surface area contributed by atoms with Gasteiger partial charge < -0.3 is 9.64 Å². The number of amides is 1. The van der Waals surface area contributed by atoms with Gasteiger partial charge in [-0.25, -0.2) is 0 Å². The van der Waals surface area contributed by atoms with E-state index >= 15 is 0 Å². The molecule has 2 heterocycles. The fourth-order valence-corrected chi connectivity index (χ4v) is 4.81. The van der Waals surface area contributed by atoms with Crippen LogP contribution >= 0.6 is 0 Å². The van der Waals surface area contributed by atoms with Crippen molar-refractivity contribution in [1.82, 2.24) is 9.80 Å². The second-order valence-electron chi connectivity index (χ2n) is 7.24. The minimum Gasteiger partial charge on any atom is -0.379 e. The van der Waals surface area contributed by atoms with Gasteiger partial charge in [-0.15, -0.1) is 0 Å². The lowest BCUT2D eigenvalue weighted by molar-refractivity contribution is -0.141. The van der Waals surface area contributed by atoms with E-state index in [2.05, 4.69) is 9.80 Å². The molecule has 0 spiro atoms. The van der Waals surface area contributed by atoms with E-state index in [1.165, 1.54) is 25.7 Å². The number of morpholine rings is 1. The molecule has 3 unspecified atom stereocenters. The highest BCUT2D eigenvalue weighted by atomic mass is 16.5. The molecule has 2 bridgehead atoms. The second-order valence-corrected chi connectivity index (χ2v) is 7.24. The predicted octanol–water partition coefficient (Wildman–Crippen LogP) is 1.36. The van der Waals surface area contributed by atoms with Gasteiger partial charge in [0.1, 0.15) is 0 Å². The van der Waals surface area contributed by atoms with Crippen LogP contribution in [0.2, 0.25) is 0 Å². The molecule has 4 heteroatoms. The maximum absolute atomic E-state index is 12.4. The quantitative estimate of drug-likeness (QED) is 0.781. The van der Waals surface area contributed by atoms with Crippen molar-refractivity contribution in [2.45, 2.75) is 38.1 Å². The average molecular weight is 278 g/mol. The Balaban J connectivity index is 1.23.